The molecular weight excluding hydrogens is 536 g/mol. The maximum absolute atomic E-state index is 13.0. The Morgan fingerprint density at radius 3 is 1.12 bits per heavy atom. The molecule has 4 aromatic carbocycles. The number of hydrogen-bond donors (Lipinski definition) is 0. The van der Waals surface area contributed by atoms with Crippen molar-refractivity contribution in [3.05, 3.63) is 119 Å². The molecule has 8 nitrogen and oxygen atoms in total. The van der Waals surface area contributed by atoms with Crippen LogP contribution in [0.15, 0.2) is 97.1 Å². The molecule has 0 aliphatic carbocycles. The number of hydrogen-bond acceptors (Lipinski definition) is 8. The van der Waals surface area contributed by atoms with Gasteiger partial charge in [0.15, 0.2) is 34.6 Å². The van der Waals surface area contributed by atoms with Gasteiger partial charge in [-0.05, 0) is 36.4 Å². The highest BCUT2D eigenvalue weighted by Gasteiger charge is 2.16. The molecule has 4 aromatic rings. The lowest BCUT2D eigenvalue weighted by molar-refractivity contribution is 0.0639. The van der Waals surface area contributed by atoms with E-state index in [-0.39, 0.29) is 38.0 Å². The van der Waals surface area contributed by atoms with Crippen molar-refractivity contribution < 1.29 is 38.0 Å². The van der Waals surface area contributed by atoms with Gasteiger partial charge in [-0.2, -0.15) is 0 Å². The number of carbonyl (C=O) groups is 2. The van der Waals surface area contributed by atoms with Gasteiger partial charge in [-0.1, -0.05) is 60.7 Å². The van der Waals surface area contributed by atoms with E-state index in [0.29, 0.717) is 71.7 Å². The van der Waals surface area contributed by atoms with E-state index in [0.717, 1.165) is 0 Å². The maximum atomic E-state index is 13.0. The number of fused-ring (bicyclic) bond motifs is 2. The smallest absolute Gasteiger partial charge is 0.193 e. The summed E-state index contributed by atoms with van der Waals surface area (Å²) in [7, 11) is 0. The highest BCUT2D eigenvalue weighted by atomic mass is 16.6. The molecule has 0 aromatic heterocycles. The molecule has 0 amide bonds. The average Bonchev–Trinajstić information content (AvgIpc) is 3.04. The first-order valence-electron chi connectivity index (χ1n) is 13.8. The van der Waals surface area contributed by atoms with Crippen molar-refractivity contribution >= 4 is 11.6 Å². The molecule has 0 atom stereocenters. The Labute approximate surface area is 244 Å². The van der Waals surface area contributed by atoms with Gasteiger partial charge < -0.3 is 28.4 Å². The van der Waals surface area contributed by atoms with Gasteiger partial charge in [0, 0.05) is 22.3 Å². The van der Waals surface area contributed by atoms with Crippen molar-refractivity contribution in [2.24, 2.45) is 0 Å². The number of rotatable bonds is 4. The second-order valence-electron chi connectivity index (χ2n) is 9.33. The van der Waals surface area contributed by atoms with Crippen molar-refractivity contribution in [3.8, 4) is 23.0 Å². The third-order valence-corrected chi connectivity index (χ3v) is 6.42. The van der Waals surface area contributed by atoms with E-state index in [1.54, 1.807) is 60.7 Å². The minimum Gasteiger partial charge on any atom is -0.487 e. The van der Waals surface area contributed by atoms with Gasteiger partial charge >= 0.3 is 0 Å². The second kappa shape index (κ2) is 14.8. The van der Waals surface area contributed by atoms with Gasteiger partial charge in [0.25, 0.3) is 0 Å². The first-order valence-corrected chi connectivity index (χ1v) is 13.8. The van der Waals surface area contributed by atoms with Gasteiger partial charge in [-0.3, -0.25) is 9.59 Å². The van der Waals surface area contributed by atoms with Crippen molar-refractivity contribution in [1.82, 2.24) is 0 Å². The van der Waals surface area contributed by atoms with Gasteiger partial charge in [0.1, 0.15) is 26.4 Å². The molecule has 0 N–H and O–H groups in total. The summed E-state index contributed by atoms with van der Waals surface area (Å²) < 4.78 is 35.1. The number of ether oxygens (including phenoxy) is 6. The molecule has 216 valence electrons. The molecule has 0 unspecified atom stereocenters. The Bertz CT molecular complexity index is 1360. The van der Waals surface area contributed by atoms with Crippen LogP contribution in [0.2, 0.25) is 0 Å². The summed E-state index contributed by atoms with van der Waals surface area (Å²) >= 11 is 0. The molecule has 0 saturated heterocycles. The first kappa shape index (κ1) is 28.9. The van der Waals surface area contributed by atoms with Gasteiger partial charge in [0.05, 0.1) is 26.4 Å². The molecule has 0 spiro atoms. The molecule has 5 rings (SSSR count). The lowest BCUT2D eigenvalue weighted by atomic mass is 10.0. The highest BCUT2D eigenvalue weighted by molar-refractivity contribution is 6.09. The molecule has 8 heteroatoms. The monoisotopic (exact) mass is 568 g/mol. The lowest BCUT2D eigenvalue weighted by Crippen LogP contribution is -2.16. The predicted octanol–water partition coefficient (Wildman–Crippen LogP) is 5.41. The summed E-state index contributed by atoms with van der Waals surface area (Å²) in [6, 6.07) is 28.4. The Kier molecular flexibility index (Phi) is 10.2. The summed E-state index contributed by atoms with van der Waals surface area (Å²) in [5.41, 5.74) is 2.18. The van der Waals surface area contributed by atoms with Crippen LogP contribution >= 0.6 is 0 Å². The summed E-state index contributed by atoms with van der Waals surface area (Å²) in [6.45, 7) is 2.27. The number of carbonyl (C=O) groups excluding carboxylic acids is 2. The fraction of sp³-hybridized carbons (Fsp3) is 0.235. The fourth-order valence-corrected chi connectivity index (χ4v) is 4.32. The van der Waals surface area contributed by atoms with Crippen LogP contribution in [0.25, 0.3) is 0 Å². The Morgan fingerprint density at radius 1 is 0.381 bits per heavy atom. The Hall–Kier alpha value is -4.66. The molecular formula is C34H32O8. The zero-order valence-electron chi connectivity index (χ0n) is 23.2. The molecule has 42 heavy (non-hydrogen) atoms. The third kappa shape index (κ3) is 7.75. The summed E-state index contributed by atoms with van der Waals surface area (Å²) in [6.07, 6.45) is 0. The molecule has 1 heterocycles. The minimum atomic E-state index is -0.105. The van der Waals surface area contributed by atoms with Crippen LogP contribution < -0.4 is 18.9 Å². The topological polar surface area (TPSA) is 89.5 Å². The minimum absolute atomic E-state index is 0.105. The number of ketones is 2. The summed E-state index contributed by atoms with van der Waals surface area (Å²) in [4.78, 5) is 25.9. The van der Waals surface area contributed by atoms with E-state index in [1.165, 1.54) is 0 Å². The SMILES string of the molecule is O=C(c1ccccc1)c1ccc2c(c1)OCCOCCOc1cc(C(=O)c3ccccc3)ccc1OCCOCCO2. The van der Waals surface area contributed by atoms with E-state index in [4.69, 9.17) is 28.4 Å². The van der Waals surface area contributed by atoms with Crippen LogP contribution in [0, 0.1) is 0 Å². The van der Waals surface area contributed by atoms with Crippen LogP contribution in [-0.4, -0.2) is 64.4 Å². The van der Waals surface area contributed by atoms with Crippen molar-refractivity contribution in [2.45, 2.75) is 0 Å². The van der Waals surface area contributed by atoms with Crippen molar-refractivity contribution in [3.63, 3.8) is 0 Å². The average molecular weight is 569 g/mol. The molecule has 1 aliphatic heterocycles. The second-order valence-corrected chi connectivity index (χ2v) is 9.33. The lowest BCUT2D eigenvalue weighted by Gasteiger charge is -2.16. The van der Waals surface area contributed by atoms with E-state index in [9.17, 15) is 9.59 Å². The van der Waals surface area contributed by atoms with Gasteiger partial charge in [-0.15, -0.1) is 0 Å². The maximum Gasteiger partial charge on any atom is 0.193 e. The van der Waals surface area contributed by atoms with E-state index < -0.39 is 0 Å². The van der Waals surface area contributed by atoms with Crippen molar-refractivity contribution in [2.75, 3.05) is 52.9 Å². The molecule has 0 bridgehead atoms. The normalized spacial score (nSPS) is 14.7. The fourth-order valence-electron chi connectivity index (χ4n) is 4.32. The molecule has 0 radical (unpaired) electrons. The first-order chi connectivity index (χ1) is 20.7. The quantitative estimate of drug-likeness (QED) is 0.302. The Morgan fingerprint density at radius 2 is 0.738 bits per heavy atom. The Balaban J connectivity index is 1.24. The van der Waals surface area contributed by atoms with Crippen LogP contribution in [0.1, 0.15) is 31.8 Å². The van der Waals surface area contributed by atoms with Gasteiger partial charge in [0.2, 0.25) is 0 Å². The van der Waals surface area contributed by atoms with E-state index in [1.807, 2.05) is 36.4 Å². The molecule has 0 saturated carbocycles. The van der Waals surface area contributed by atoms with Crippen LogP contribution in [0.5, 0.6) is 23.0 Å². The summed E-state index contributed by atoms with van der Waals surface area (Å²) in [5, 5.41) is 0. The van der Waals surface area contributed by atoms with Crippen LogP contribution in [0.3, 0.4) is 0 Å². The molecule has 1 aliphatic rings. The predicted molar refractivity (Wildman–Crippen MR) is 156 cm³/mol. The van der Waals surface area contributed by atoms with E-state index in [2.05, 4.69) is 0 Å². The zero-order chi connectivity index (χ0) is 29.0. The van der Waals surface area contributed by atoms with Gasteiger partial charge in [-0.25, -0.2) is 0 Å². The van der Waals surface area contributed by atoms with Crippen molar-refractivity contribution in [1.29, 1.82) is 0 Å². The largest absolute Gasteiger partial charge is 0.487 e. The highest BCUT2D eigenvalue weighted by Crippen LogP contribution is 2.31. The van der Waals surface area contributed by atoms with Crippen LogP contribution in [0.4, 0.5) is 0 Å². The molecule has 0 fully saturated rings. The summed E-state index contributed by atoms with van der Waals surface area (Å²) in [5.74, 6) is 1.72. The van der Waals surface area contributed by atoms with E-state index >= 15 is 0 Å². The zero-order valence-corrected chi connectivity index (χ0v) is 23.2. The van der Waals surface area contributed by atoms with Crippen LogP contribution in [-0.2, 0) is 9.47 Å². The number of benzene rings is 4. The third-order valence-electron chi connectivity index (χ3n) is 6.42. The standard InChI is InChI=1S/C34H32O8/c35-33(25-7-3-1-4-8-25)27-11-13-29-31(23-27)41-21-17-38-18-22-42-32-24-28(34(36)26-9-5-2-6-10-26)12-14-30(32)40-20-16-37-15-19-39-29/h1-14,23-24H,15-22H2.